The van der Waals surface area contributed by atoms with Gasteiger partial charge in [0.1, 0.15) is 24.0 Å². The zero-order valence-electron chi connectivity index (χ0n) is 17.1. The third-order valence-electron chi connectivity index (χ3n) is 5.10. The summed E-state index contributed by atoms with van der Waals surface area (Å²) in [6.45, 7) is 4.31. The molecule has 1 fully saturated rings. The average molecular weight is 468 g/mol. The molecule has 0 bridgehead atoms. The van der Waals surface area contributed by atoms with Crippen LogP contribution < -0.4 is 4.74 Å². The number of benzene rings is 2. The van der Waals surface area contributed by atoms with E-state index >= 15 is 0 Å². The molecular weight excluding hydrogens is 445 g/mol. The Morgan fingerprint density at radius 3 is 2.68 bits per heavy atom. The third kappa shape index (κ3) is 4.55. The molecule has 31 heavy (non-hydrogen) atoms. The molecule has 3 aromatic rings. The molecule has 166 valence electrons. The van der Waals surface area contributed by atoms with Crippen LogP contribution in [-0.2, 0) is 27.9 Å². The Hall–Kier alpha value is -2.20. The molecule has 0 radical (unpaired) electrons. The highest BCUT2D eigenvalue weighted by atomic mass is 35.5. The highest BCUT2D eigenvalue weighted by Crippen LogP contribution is 2.27. The van der Waals surface area contributed by atoms with Crippen molar-refractivity contribution in [3.05, 3.63) is 53.1 Å². The average Bonchev–Trinajstić information content (AvgIpc) is 3.11. The van der Waals surface area contributed by atoms with Crippen LogP contribution in [-0.4, -0.2) is 48.6 Å². The number of rotatable bonds is 7. The van der Waals surface area contributed by atoms with Crippen molar-refractivity contribution in [1.29, 1.82) is 0 Å². The van der Waals surface area contributed by atoms with Gasteiger partial charge in [0.05, 0.1) is 34.2 Å². The maximum absolute atomic E-state index is 13.3. The lowest BCUT2D eigenvalue weighted by molar-refractivity contribution is 0.0730. The Bertz CT molecular complexity index is 1190. The molecule has 10 heteroatoms. The van der Waals surface area contributed by atoms with Gasteiger partial charge in [-0.2, -0.15) is 4.31 Å². The van der Waals surface area contributed by atoms with E-state index in [0.717, 1.165) is 11.9 Å². The van der Waals surface area contributed by atoms with E-state index in [2.05, 4.69) is 4.98 Å². The minimum Gasteiger partial charge on any atom is -0.484 e. The van der Waals surface area contributed by atoms with Crippen molar-refractivity contribution in [2.45, 2.75) is 31.4 Å². The van der Waals surface area contributed by atoms with Gasteiger partial charge in [-0.3, -0.25) is 0 Å². The maximum atomic E-state index is 13.3. The topological polar surface area (TPSA) is 73.7 Å². The van der Waals surface area contributed by atoms with E-state index in [1.165, 1.54) is 22.5 Å². The van der Waals surface area contributed by atoms with Crippen molar-refractivity contribution in [3.63, 3.8) is 0 Å². The molecule has 2 heterocycles. The fourth-order valence-corrected chi connectivity index (χ4v) is 5.22. The summed E-state index contributed by atoms with van der Waals surface area (Å²) in [5.74, 6) is 0.552. The van der Waals surface area contributed by atoms with Crippen molar-refractivity contribution in [2.75, 3.05) is 26.3 Å². The molecule has 1 aliphatic heterocycles. The van der Waals surface area contributed by atoms with Gasteiger partial charge in [-0.1, -0.05) is 18.5 Å². The number of halogens is 2. The minimum atomic E-state index is -3.61. The molecule has 1 aromatic heterocycles. The molecule has 7 nitrogen and oxygen atoms in total. The first-order valence-electron chi connectivity index (χ1n) is 10.0. The van der Waals surface area contributed by atoms with Gasteiger partial charge >= 0.3 is 0 Å². The van der Waals surface area contributed by atoms with E-state index in [0.29, 0.717) is 49.9 Å². The van der Waals surface area contributed by atoms with Crippen LogP contribution in [0.1, 0.15) is 19.2 Å². The van der Waals surface area contributed by atoms with E-state index in [1.54, 1.807) is 18.2 Å². The number of aryl methyl sites for hydroxylation is 1. The fraction of sp³-hybridized carbons (Fsp3) is 0.381. The van der Waals surface area contributed by atoms with Gasteiger partial charge in [-0.25, -0.2) is 17.8 Å². The monoisotopic (exact) mass is 467 g/mol. The molecule has 0 unspecified atom stereocenters. The summed E-state index contributed by atoms with van der Waals surface area (Å²) in [5.41, 5.74) is 1.40. The van der Waals surface area contributed by atoms with Crippen LogP contribution in [0, 0.1) is 5.82 Å². The van der Waals surface area contributed by atoms with Gasteiger partial charge < -0.3 is 14.0 Å². The molecule has 1 aliphatic rings. The number of aromatic nitrogens is 2. The second-order valence-electron chi connectivity index (χ2n) is 7.21. The summed E-state index contributed by atoms with van der Waals surface area (Å²) < 4.78 is 53.7. The normalized spacial score (nSPS) is 15.5. The first kappa shape index (κ1) is 22.0. The highest BCUT2D eigenvalue weighted by Gasteiger charge is 2.27. The van der Waals surface area contributed by atoms with Crippen LogP contribution in [0.4, 0.5) is 4.39 Å². The number of imidazole rings is 1. The second-order valence-corrected chi connectivity index (χ2v) is 9.56. The Balaban J connectivity index is 1.65. The SMILES string of the molecule is CCCn1c(COc2ccc(F)cc2Cl)nc2cc(S(=O)(=O)N3CCOCC3)ccc21. The Morgan fingerprint density at radius 1 is 1.19 bits per heavy atom. The molecule has 0 amide bonds. The largest absolute Gasteiger partial charge is 0.484 e. The number of nitrogens with zero attached hydrogens (tertiary/aromatic N) is 3. The van der Waals surface area contributed by atoms with Crippen LogP contribution in [0.2, 0.25) is 5.02 Å². The molecule has 0 atom stereocenters. The molecule has 0 spiro atoms. The fourth-order valence-electron chi connectivity index (χ4n) is 3.57. The Labute approximate surface area is 185 Å². The summed E-state index contributed by atoms with van der Waals surface area (Å²) in [7, 11) is -3.61. The molecule has 1 saturated heterocycles. The van der Waals surface area contributed by atoms with E-state index in [9.17, 15) is 12.8 Å². The lowest BCUT2D eigenvalue weighted by atomic mass is 10.3. The van der Waals surface area contributed by atoms with Crippen molar-refractivity contribution in [2.24, 2.45) is 0 Å². The van der Waals surface area contributed by atoms with Crippen molar-refractivity contribution in [1.82, 2.24) is 13.9 Å². The van der Waals surface area contributed by atoms with E-state index in [-0.39, 0.29) is 16.5 Å². The number of sulfonamides is 1. The van der Waals surface area contributed by atoms with Gasteiger partial charge in [-0.15, -0.1) is 0 Å². The predicted octanol–water partition coefficient (Wildman–Crippen LogP) is 3.84. The van der Waals surface area contributed by atoms with Crippen LogP contribution in [0.15, 0.2) is 41.3 Å². The van der Waals surface area contributed by atoms with Crippen molar-refractivity contribution < 1.29 is 22.3 Å². The molecular formula is C21H23ClFN3O4S. The van der Waals surface area contributed by atoms with E-state index in [1.807, 2.05) is 11.5 Å². The number of hydrogen-bond donors (Lipinski definition) is 0. The number of hydrogen-bond acceptors (Lipinski definition) is 5. The maximum Gasteiger partial charge on any atom is 0.243 e. The van der Waals surface area contributed by atoms with Crippen LogP contribution in [0.5, 0.6) is 5.75 Å². The first-order chi connectivity index (χ1) is 14.9. The highest BCUT2D eigenvalue weighted by molar-refractivity contribution is 7.89. The zero-order chi connectivity index (χ0) is 22.0. The van der Waals surface area contributed by atoms with Gasteiger partial charge in [0, 0.05) is 19.6 Å². The summed E-state index contributed by atoms with van der Waals surface area (Å²) in [4.78, 5) is 4.83. The standard InChI is InChI=1S/C21H23ClFN3O4S/c1-2-7-26-19-5-4-16(31(27,28)25-8-10-29-11-9-25)13-18(19)24-21(26)14-30-20-6-3-15(23)12-17(20)22/h3-6,12-13H,2,7-11,14H2,1H3. The summed E-state index contributed by atoms with van der Waals surface area (Å²) in [5, 5.41) is 0.178. The lowest BCUT2D eigenvalue weighted by Gasteiger charge is -2.26. The molecule has 0 aliphatic carbocycles. The van der Waals surface area contributed by atoms with Crippen LogP contribution in [0.3, 0.4) is 0 Å². The quantitative estimate of drug-likeness (QED) is 0.528. The number of ether oxygens (including phenoxy) is 2. The molecule has 0 N–H and O–H groups in total. The second kappa shape index (κ2) is 9.12. The van der Waals surface area contributed by atoms with Crippen LogP contribution >= 0.6 is 11.6 Å². The predicted molar refractivity (Wildman–Crippen MR) is 115 cm³/mol. The van der Waals surface area contributed by atoms with Crippen LogP contribution in [0.25, 0.3) is 11.0 Å². The number of morpholine rings is 1. The van der Waals surface area contributed by atoms with Gasteiger partial charge in [-0.05, 0) is 42.8 Å². The third-order valence-corrected chi connectivity index (χ3v) is 7.29. The zero-order valence-corrected chi connectivity index (χ0v) is 18.6. The summed E-state index contributed by atoms with van der Waals surface area (Å²) in [6, 6.07) is 8.92. The summed E-state index contributed by atoms with van der Waals surface area (Å²) in [6.07, 6.45) is 0.865. The Morgan fingerprint density at radius 2 is 1.97 bits per heavy atom. The van der Waals surface area contributed by atoms with Crippen molar-refractivity contribution >= 4 is 32.7 Å². The summed E-state index contributed by atoms with van der Waals surface area (Å²) >= 11 is 6.05. The van der Waals surface area contributed by atoms with Gasteiger partial charge in [0.2, 0.25) is 10.0 Å². The smallest absolute Gasteiger partial charge is 0.243 e. The Kier molecular flexibility index (Phi) is 6.47. The van der Waals surface area contributed by atoms with E-state index in [4.69, 9.17) is 21.1 Å². The number of fused-ring (bicyclic) bond motifs is 1. The van der Waals surface area contributed by atoms with E-state index < -0.39 is 15.8 Å². The van der Waals surface area contributed by atoms with Gasteiger partial charge in [0.25, 0.3) is 0 Å². The van der Waals surface area contributed by atoms with Gasteiger partial charge in [0.15, 0.2) is 0 Å². The first-order valence-corrected chi connectivity index (χ1v) is 11.9. The molecule has 0 saturated carbocycles. The van der Waals surface area contributed by atoms with Crippen molar-refractivity contribution in [3.8, 4) is 5.75 Å². The lowest BCUT2D eigenvalue weighted by Crippen LogP contribution is -2.40. The molecule has 4 rings (SSSR count). The molecule has 2 aromatic carbocycles. The minimum absolute atomic E-state index is 0.117.